The monoisotopic (exact) mass is 987 g/mol. The molecule has 0 aromatic rings. The quantitative estimate of drug-likeness (QED) is 0.0261. The summed E-state index contributed by atoms with van der Waals surface area (Å²) in [5.41, 5.74) is 0. The van der Waals surface area contributed by atoms with E-state index in [0.717, 1.165) is 122 Å². The van der Waals surface area contributed by atoms with Crippen LogP contribution in [0.25, 0.3) is 0 Å². The SMILES string of the molecule is CC/C=C\C/C=C\C/C=C\C/C=C\C/C=C\C/C=C\C/C=C\CCCCCCCC(=O)OCC(COC(=O)CCCCCCCCCCC)OC(=O)CCCCCCCCC/C=C\CCCCCCCC. The summed E-state index contributed by atoms with van der Waals surface area (Å²) < 4.78 is 16.8. The average Bonchev–Trinajstić information content (AvgIpc) is 3.37. The minimum Gasteiger partial charge on any atom is -0.462 e. The largest absolute Gasteiger partial charge is 0.462 e. The highest BCUT2D eigenvalue weighted by Crippen LogP contribution is 2.15. The molecular weight excluding hydrogens is 877 g/mol. The molecule has 0 aliphatic rings. The molecule has 0 rings (SSSR count). The molecule has 0 radical (unpaired) electrons. The van der Waals surface area contributed by atoms with E-state index in [4.69, 9.17) is 14.2 Å². The third kappa shape index (κ3) is 57.1. The molecule has 0 bridgehead atoms. The summed E-state index contributed by atoms with van der Waals surface area (Å²) in [5, 5.41) is 0. The standard InChI is InChI=1S/C65H110O6/c1-4-7-10-13-16-19-21-23-25-27-28-29-30-31-32-33-34-35-36-38-39-41-43-46-49-52-55-58-64(67)70-61-62(60-69-63(66)57-54-51-48-45-18-15-12-9-6-3)71-65(68)59-56-53-50-47-44-42-40-37-26-24-22-20-17-14-11-8-5-2/h7,10,16,19,23-26,28-29,31-32,34-35,38-39,62H,4-6,8-9,11-15,17-18,20-22,27,30,33,36-37,40-61H2,1-3H3/b10-7-,19-16-,25-23-,26-24-,29-28-,32-31-,35-34-,39-38-. The van der Waals surface area contributed by atoms with Crippen molar-refractivity contribution in [3.63, 3.8) is 0 Å². The smallest absolute Gasteiger partial charge is 0.306 e. The molecule has 0 N–H and O–H groups in total. The van der Waals surface area contributed by atoms with Crippen molar-refractivity contribution >= 4 is 17.9 Å². The molecule has 1 atom stereocenters. The lowest BCUT2D eigenvalue weighted by Crippen LogP contribution is -2.30. The van der Waals surface area contributed by atoms with Crippen molar-refractivity contribution in [2.45, 2.75) is 284 Å². The third-order valence-corrected chi connectivity index (χ3v) is 12.6. The van der Waals surface area contributed by atoms with Crippen LogP contribution in [-0.4, -0.2) is 37.2 Å². The molecule has 0 spiro atoms. The van der Waals surface area contributed by atoms with Crippen LogP contribution in [0.5, 0.6) is 0 Å². The van der Waals surface area contributed by atoms with Crippen molar-refractivity contribution in [2.24, 2.45) is 0 Å². The molecule has 0 aliphatic heterocycles. The van der Waals surface area contributed by atoms with E-state index in [0.29, 0.717) is 19.3 Å². The van der Waals surface area contributed by atoms with Gasteiger partial charge in [-0.25, -0.2) is 0 Å². The van der Waals surface area contributed by atoms with Crippen LogP contribution in [0.2, 0.25) is 0 Å². The normalized spacial score (nSPS) is 12.8. The first-order valence-corrected chi connectivity index (χ1v) is 29.7. The fraction of sp³-hybridized carbons (Fsp3) is 0.708. The van der Waals surface area contributed by atoms with Gasteiger partial charge in [-0.3, -0.25) is 14.4 Å². The van der Waals surface area contributed by atoms with Crippen molar-refractivity contribution in [3.8, 4) is 0 Å². The molecule has 71 heavy (non-hydrogen) atoms. The number of rotatable bonds is 53. The van der Waals surface area contributed by atoms with Crippen LogP contribution in [0.3, 0.4) is 0 Å². The number of esters is 3. The summed E-state index contributed by atoms with van der Waals surface area (Å²) in [5.74, 6) is -0.907. The van der Waals surface area contributed by atoms with E-state index in [1.54, 1.807) is 0 Å². The highest BCUT2D eigenvalue weighted by Gasteiger charge is 2.19. The molecule has 0 saturated heterocycles. The van der Waals surface area contributed by atoms with E-state index in [1.165, 1.54) is 116 Å². The first-order valence-electron chi connectivity index (χ1n) is 29.7. The molecule has 6 heteroatoms. The lowest BCUT2D eigenvalue weighted by atomic mass is 10.1. The Labute approximate surface area is 438 Å². The first kappa shape index (κ1) is 67.3. The molecule has 0 saturated carbocycles. The van der Waals surface area contributed by atoms with Crippen LogP contribution >= 0.6 is 0 Å². The summed E-state index contributed by atoms with van der Waals surface area (Å²) >= 11 is 0. The van der Waals surface area contributed by atoms with Gasteiger partial charge in [-0.2, -0.15) is 0 Å². The number of ether oxygens (including phenoxy) is 3. The highest BCUT2D eigenvalue weighted by atomic mass is 16.6. The van der Waals surface area contributed by atoms with E-state index in [2.05, 4.69) is 118 Å². The molecule has 0 fully saturated rings. The van der Waals surface area contributed by atoms with Gasteiger partial charge in [0.25, 0.3) is 0 Å². The van der Waals surface area contributed by atoms with E-state index >= 15 is 0 Å². The number of carbonyl (C=O) groups excluding carboxylic acids is 3. The third-order valence-electron chi connectivity index (χ3n) is 12.6. The Morgan fingerprint density at radius 2 is 0.549 bits per heavy atom. The van der Waals surface area contributed by atoms with E-state index in [-0.39, 0.29) is 31.1 Å². The Bertz CT molecular complexity index is 1410. The Morgan fingerprint density at radius 3 is 0.873 bits per heavy atom. The molecule has 0 heterocycles. The van der Waals surface area contributed by atoms with E-state index in [1.807, 2.05) is 0 Å². The summed E-state index contributed by atoms with van der Waals surface area (Å²) in [6, 6.07) is 0. The number of unbranched alkanes of at least 4 members (excludes halogenated alkanes) is 26. The van der Waals surface area contributed by atoms with Gasteiger partial charge in [-0.1, -0.05) is 253 Å². The lowest BCUT2D eigenvalue weighted by Gasteiger charge is -2.18. The summed E-state index contributed by atoms with van der Waals surface area (Å²) in [7, 11) is 0. The van der Waals surface area contributed by atoms with Crippen LogP contribution in [0.4, 0.5) is 0 Å². The minimum absolute atomic E-state index is 0.0840. The molecule has 0 aromatic heterocycles. The maximum Gasteiger partial charge on any atom is 0.306 e. The predicted octanol–water partition coefficient (Wildman–Crippen LogP) is 20.1. The average molecular weight is 988 g/mol. The Kier molecular flexibility index (Phi) is 55.9. The maximum absolute atomic E-state index is 12.8. The van der Waals surface area contributed by atoms with Gasteiger partial charge in [-0.15, -0.1) is 0 Å². The minimum atomic E-state index is -0.786. The van der Waals surface area contributed by atoms with Gasteiger partial charge >= 0.3 is 17.9 Å². The fourth-order valence-electron chi connectivity index (χ4n) is 8.12. The molecule has 0 amide bonds. The van der Waals surface area contributed by atoms with Crippen molar-refractivity contribution in [3.05, 3.63) is 97.2 Å². The lowest BCUT2D eigenvalue weighted by molar-refractivity contribution is -0.167. The predicted molar refractivity (Wildman–Crippen MR) is 307 cm³/mol. The number of allylic oxidation sites excluding steroid dienone is 16. The number of carbonyl (C=O) groups is 3. The van der Waals surface area contributed by atoms with Crippen molar-refractivity contribution in [2.75, 3.05) is 13.2 Å². The maximum atomic E-state index is 12.8. The van der Waals surface area contributed by atoms with Crippen LogP contribution < -0.4 is 0 Å². The molecule has 6 nitrogen and oxygen atoms in total. The van der Waals surface area contributed by atoms with Gasteiger partial charge in [0.05, 0.1) is 0 Å². The summed E-state index contributed by atoms with van der Waals surface area (Å²) in [6.45, 7) is 6.49. The Morgan fingerprint density at radius 1 is 0.296 bits per heavy atom. The van der Waals surface area contributed by atoms with Crippen LogP contribution in [0, 0.1) is 0 Å². The van der Waals surface area contributed by atoms with Gasteiger partial charge in [-0.05, 0) is 103 Å². The van der Waals surface area contributed by atoms with Gasteiger partial charge in [0.1, 0.15) is 13.2 Å². The fourth-order valence-corrected chi connectivity index (χ4v) is 8.12. The summed E-state index contributed by atoms with van der Waals surface area (Å²) in [4.78, 5) is 38.1. The topological polar surface area (TPSA) is 78.9 Å². The molecule has 0 aliphatic carbocycles. The highest BCUT2D eigenvalue weighted by molar-refractivity contribution is 5.71. The zero-order valence-corrected chi connectivity index (χ0v) is 46.5. The Balaban J connectivity index is 4.30. The molecule has 1 unspecified atom stereocenters. The van der Waals surface area contributed by atoms with E-state index in [9.17, 15) is 14.4 Å². The Hall–Kier alpha value is -3.67. The second-order valence-corrected chi connectivity index (χ2v) is 19.5. The zero-order chi connectivity index (χ0) is 51.4. The molecule has 0 aromatic carbocycles. The first-order chi connectivity index (χ1) is 35.0. The van der Waals surface area contributed by atoms with Crippen molar-refractivity contribution < 1.29 is 28.6 Å². The number of hydrogen-bond acceptors (Lipinski definition) is 6. The molecule has 406 valence electrons. The van der Waals surface area contributed by atoms with Gasteiger partial charge in [0.15, 0.2) is 6.10 Å². The van der Waals surface area contributed by atoms with Crippen LogP contribution in [0.15, 0.2) is 97.2 Å². The van der Waals surface area contributed by atoms with Crippen molar-refractivity contribution in [1.29, 1.82) is 0 Å². The number of hydrogen-bond donors (Lipinski definition) is 0. The van der Waals surface area contributed by atoms with Crippen LogP contribution in [-0.2, 0) is 28.6 Å². The zero-order valence-electron chi connectivity index (χ0n) is 46.5. The van der Waals surface area contributed by atoms with Gasteiger partial charge in [0.2, 0.25) is 0 Å². The summed E-state index contributed by atoms with van der Waals surface area (Å²) in [6.07, 6.45) is 78.4. The van der Waals surface area contributed by atoms with Gasteiger partial charge in [0, 0.05) is 19.3 Å². The van der Waals surface area contributed by atoms with Crippen LogP contribution in [0.1, 0.15) is 278 Å². The second kappa shape index (κ2) is 58.9. The van der Waals surface area contributed by atoms with Gasteiger partial charge < -0.3 is 14.2 Å². The van der Waals surface area contributed by atoms with E-state index < -0.39 is 6.10 Å². The molecular formula is C65H110O6. The second-order valence-electron chi connectivity index (χ2n) is 19.5. The van der Waals surface area contributed by atoms with Crippen molar-refractivity contribution in [1.82, 2.24) is 0 Å².